The van der Waals surface area contributed by atoms with Gasteiger partial charge in [0, 0.05) is 18.6 Å². The van der Waals surface area contributed by atoms with Crippen molar-refractivity contribution in [2.45, 2.75) is 44.6 Å². The van der Waals surface area contributed by atoms with Gasteiger partial charge in [-0.2, -0.15) is 0 Å². The molecule has 2 rings (SSSR count). The fraction of sp³-hybridized carbons (Fsp3) is 0.625. The van der Waals surface area contributed by atoms with Crippen LogP contribution < -0.4 is 5.73 Å². The van der Waals surface area contributed by atoms with E-state index in [0.717, 1.165) is 5.56 Å². The van der Waals surface area contributed by atoms with E-state index in [1.807, 2.05) is 6.07 Å². The van der Waals surface area contributed by atoms with Crippen LogP contribution in [0.15, 0.2) is 24.3 Å². The highest BCUT2D eigenvalue weighted by atomic mass is 32.2. The zero-order valence-corrected chi connectivity index (χ0v) is 14.2. The van der Waals surface area contributed by atoms with E-state index in [1.54, 1.807) is 0 Å². The number of nitrogens with zero attached hydrogens (tertiary/aromatic N) is 1. The average Bonchev–Trinajstić information content (AvgIpc) is 2.37. The SMILES string of the molecule is CC(C)(C)c1cccc(C2(N)CCN(S(C)(=O)=O)CC2)c1. The molecule has 1 aliphatic rings. The Bertz CT molecular complexity index is 609. The van der Waals surface area contributed by atoms with E-state index >= 15 is 0 Å². The van der Waals surface area contributed by atoms with Crippen LogP contribution in [0, 0.1) is 0 Å². The van der Waals surface area contributed by atoms with E-state index in [4.69, 9.17) is 5.73 Å². The summed E-state index contributed by atoms with van der Waals surface area (Å²) in [5.41, 5.74) is 8.61. The Balaban J connectivity index is 2.23. The van der Waals surface area contributed by atoms with Gasteiger partial charge >= 0.3 is 0 Å². The van der Waals surface area contributed by atoms with Crippen LogP contribution in [0.25, 0.3) is 0 Å². The first-order valence-electron chi connectivity index (χ1n) is 7.37. The third kappa shape index (κ3) is 3.65. The minimum absolute atomic E-state index is 0.0832. The van der Waals surface area contributed by atoms with Crippen molar-refractivity contribution in [3.8, 4) is 0 Å². The summed E-state index contributed by atoms with van der Waals surface area (Å²) in [7, 11) is -3.11. The number of sulfonamides is 1. The molecule has 5 heteroatoms. The largest absolute Gasteiger partial charge is 0.321 e. The molecule has 1 fully saturated rings. The molecule has 0 amide bonds. The van der Waals surface area contributed by atoms with E-state index in [-0.39, 0.29) is 5.41 Å². The molecule has 2 N–H and O–H groups in total. The van der Waals surface area contributed by atoms with E-state index in [2.05, 4.69) is 39.0 Å². The van der Waals surface area contributed by atoms with Crippen LogP contribution in [-0.4, -0.2) is 32.1 Å². The molecule has 0 aromatic heterocycles. The van der Waals surface area contributed by atoms with Crippen molar-refractivity contribution < 1.29 is 8.42 Å². The lowest BCUT2D eigenvalue weighted by Gasteiger charge is -2.39. The van der Waals surface area contributed by atoms with Crippen LogP contribution in [0.3, 0.4) is 0 Å². The van der Waals surface area contributed by atoms with Crippen LogP contribution in [-0.2, 0) is 21.0 Å². The third-order valence-corrected chi connectivity index (χ3v) is 5.69. The molecule has 1 heterocycles. The normalized spacial score (nSPS) is 20.4. The van der Waals surface area contributed by atoms with Crippen molar-refractivity contribution in [3.05, 3.63) is 35.4 Å². The molecular weight excluding hydrogens is 284 g/mol. The zero-order valence-electron chi connectivity index (χ0n) is 13.4. The van der Waals surface area contributed by atoms with Gasteiger partial charge in [-0.05, 0) is 29.4 Å². The van der Waals surface area contributed by atoms with E-state index in [9.17, 15) is 8.42 Å². The minimum atomic E-state index is -3.11. The van der Waals surface area contributed by atoms with Crippen LogP contribution in [0.4, 0.5) is 0 Å². The molecule has 118 valence electrons. The van der Waals surface area contributed by atoms with Gasteiger partial charge in [0.15, 0.2) is 0 Å². The zero-order chi connectivity index (χ0) is 15.9. The molecule has 0 aliphatic carbocycles. The fourth-order valence-electron chi connectivity index (χ4n) is 2.80. The lowest BCUT2D eigenvalue weighted by molar-refractivity contribution is 0.238. The molecule has 1 aromatic carbocycles. The molecule has 0 spiro atoms. The van der Waals surface area contributed by atoms with Crippen LogP contribution >= 0.6 is 0 Å². The number of hydrogen-bond acceptors (Lipinski definition) is 3. The third-order valence-electron chi connectivity index (χ3n) is 4.39. The Morgan fingerprint density at radius 2 is 1.76 bits per heavy atom. The lowest BCUT2D eigenvalue weighted by Crippen LogP contribution is -2.49. The number of hydrogen-bond donors (Lipinski definition) is 1. The van der Waals surface area contributed by atoms with Crippen LogP contribution in [0.2, 0.25) is 0 Å². The minimum Gasteiger partial charge on any atom is -0.321 e. The first kappa shape index (κ1) is 16.5. The highest BCUT2D eigenvalue weighted by Gasteiger charge is 2.35. The molecule has 1 saturated heterocycles. The Labute approximate surface area is 128 Å². The standard InChI is InChI=1S/C16H26N2O2S/c1-15(2,3)13-6-5-7-14(12-13)16(17)8-10-18(11-9-16)21(4,19)20/h5-7,12H,8-11,17H2,1-4H3. The Morgan fingerprint density at radius 3 is 2.24 bits per heavy atom. The maximum atomic E-state index is 11.6. The summed E-state index contributed by atoms with van der Waals surface area (Å²) < 4.78 is 24.7. The summed E-state index contributed by atoms with van der Waals surface area (Å²) in [4.78, 5) is 0. The Kier molecular flexibility index (Phi) is 4.21. The van der Waals surface area contributed by atoms with E-state index in [0.29, 0.717) is 25.9 Å². The quantitative estimate of drug-likeness (QED) is 0.911. The maximum Gasteiger partial charge on any atom is 0.211 e. The van der Waals surface area contributed by atoms with Gasteiger partial charge in [-0.1, -0.05) is 45.0 Å². The molecule has 0 atom stereocenters. The molecule has 1 aromatic rings. The highest BCUT2D eigenvalue weighted by Crippen LogP contribution is 2.33. The van der Waals surface area contributed by atoms with Crippen molar-refractivity contribution in [2.75, 3.05) is 19.3 Å². The maximum absolute atomic E-state index is 11.6. The predicted molar refractivity (Wildman–Crippen MR) is 86.7 cm³/mol. The molecule has 0 radical (unpaired) electrons. The highest BCUT2D eigenvalue weighted by molar-refractivity contribution is 7.88. The summed E-state index contributed by atoms with van der Waals surface area (Å²) in [6.45, 7) is 7.54. The van der Waals surface area contributed by atoms with Crippen LogP contribution in [0.1, 0.15) is 44.7 Å². The summed E-state index contributed by atoms with van der Waals surface area (Å²) >= 11 is 0. The first-order valence-corrected chi connectivity index (χ1v) is 9.22. The summed E-state index contributed by atoms with van der Waals surface area (Å²) in [5.74, 6) is 0. The molecule has 4 nitrogen and oxygen atoms in total. The van der Waals surface area contributed by atoms with Gasteiger partial charge in [-0.15, -0.1) is 0 Å². The Morgan fingerprint density at radius 1 is 1.19 bits per heavy atom. The summed E-state index contributed by atoms with van der Waals surface area (Å²) in [5, 5.41) is 0. The Hall–Kier alpha value is -0.910. The molecule has 0 bridgehead atoms. The van der Waals surface area contributed by atoms with Crippen molar-refractivity contribution >= 4 is 10.0 Å². The average molecular weight is 310 g/mol. The predicted octanol–water partition coefficient (Wildman–Crippen LogP) is 2.19. The molecular formula is C16H26N2O2S. The molecule has 0 unspecified atom stereocenters. The number of nitrogens with two attached hydrogens (primary N) is 1. The summed E-state index contributed by atoms with van der Waals surface area (Å²) in [6.07, 6.45) is 2.58. The van der Waals surface area contributed by atoms with Crippen molar-refractivity contribution in [3.63, 3.8) is 0 Å². The second-order valence-corrected chi connectivity index (χ2v) is 9.13. The van der Waals surface area contributed by atoms with Gasteiger partial charge in [-0.25, -0.2) is 12.7 Å². The van der Waals surface area contributed by atoms with Crippen molar-refractivity contribution in [1.29, 1.82) is 0 Å². The topological polar surface area (TPSA) is 63.4 Å². The van der Waals surface area contributed by atoms with Gasteiger partial charge in [0.1, 0.15) is 0 Å². The smallest absolute Gasteiger partial charge is 0.211 e. The number of rotatable bonds is 2. The number of piperidine rings is 1. The lowest BCUT2D eigenvalue weighted by atomic mass is 9.79. The van der Waals surface area contributed by atoms with Crippen LogP contribution in [0.5, 0.6) is 0 Å². The fourth-order valence-corrected chi connectivity index (χ4v) is 3.65. The van der Waals surface area contributed by atoms with Crippen molar-refractivity contribution in [1.82, 2.24) is 4.31 Å². The second-order valence-electron chi connectivity index (χ2n) is 7.15. The van der Waals surface area contributed by atoms with Gasteiger partial charge in [-0.3, -0.25) is 0 Å². The number of benzene rings is 1. The molecule has 0 saturated carbocycles. The second kappa shape index (κ2) is 5.38. The summed E-state index contributed by atoms with van der Waals surface area (Å²) in [6, 6.07) is 8.41. The van der Waals surface area contributed by atoms with E-state index < -0.39 is 15.6 Å². The molecule has 21 heavy (non-hydrogen) atoms. The monoisotopic (exact) mass is 310 g/mol. The van der Waals surface area contributed by atoms with Gasteiger partial charge in [0.25, 0.3) is 0 Å². The van der Waals surface area contributed by atoms with Gasteiger partial charge < -0.3 is 5.73 Å². The molecule has 1 aliphatic heterocycles. The first-order chi connectivity index (χ1) is 9.52. The van der Waals surface area contributed by atoms with Gasteiger partial charge in [0.2, 0.25) is 10.0 Å². The van der Waals surface area contributed by atoms with E-state index in [1.165, 1.54) is 16.1 Å². The van der Waals surface area contributed by atoms with Gasteiger partial charge in [0.05, 0.1) is 6.26 Å². The van der Waals surface area contributed by atoms with Crippen molar-refractivity contribution in [2.24, 2.45) is 5.73 Å².